The first-order valence-electron chi connectivity index (χ1n) is 8.77. The number of amides is 1. The van der Waals surface area contributed by atoms with Crippen molar-refractivity contribution >= 4 is 55.8 Å². The molecule has 1 unspecified atom stereocenters. The Hall–Kier alpha value is -1.66. The fourth-order valence-electron chi connectivity index (χ4n) is 3.18. The number of hydrogen-bond donors (Lipinski definition) is 0. The highest BCUT2D eigenvalue weighted by Gasteiger charge is 2.28. The molecule has 2 aromatic carbocycles. The number of hydrogen-bond acceptors (Lipinski definition) is 4. The lowest BCUT2D eigenvalue weighted by Crippen LogP contribution is -2.37. The van der Waals surface area contributed by atoms with Crippen LogP contribution in [-0.4, -0.2) is 30.1 Å². The van der Waals surface area contributed by atoms with Gasteiger partial charge in [-0.15, -0.1) is 0 Å². The van der Waals surface area contributed by atoms with E-state index in [0.717, 1.165) is 35.2 Å². The second-order valence-electron chi connectivity index (χ2n) is 6.64. The van der Waals surface area contributed by atoms with E-state index in [4.69, 9.17) is 27.9 Å². The Bertz CT molecular complexity index is 999. The van der Waals surface area contributed by atoms with Crippen molar-refractivity contribution in [3.8, 4) is 0 Å². The molecule has 7 heteroatoms. The van der Waals surface area contributed by atoms with Gasteiger partial charge in [0.1, 0.15) is 0 Å². The summed E-state index contributed by atoms with van der Waals surface area (Å²) in [5.41, 5.74) is 2.41. The topological polar surface area (TPSA) is 42.4 Å². The molecule has 1 saturated heterocycles. The van der Waals surface area contributed by atoms with Gasteiger partial charge in [-0.05, 0) is 55.7 Å². The van der Waals surface area contributed by atoms with Crippen molar-refractivity contribution in [3.05, 3.63) is 57.6 Å². The average Bonchev–Trinajstić information content (AvgIpc) is 3.30. The average molecular weight is 421 g/mol. The van der Waals surface area contributed by atoms with Gasteiger partial charge in [-0.2, -0.15) is 0 Å². The molecule has 140 valence electrons. The SMILES string of the molecule is Cc1ccc2nc(N(CC3CCCO3)C(=O)c3cc(Cl)ccc3Cl)sc2c1. The van der Waals surface area contributed by atoms with Gasteiger partial charge < -0.3 is 4.74 Å². The molecular weight excluding hydrogens is 403 g/mol. The number of ether oxygens (including phenoxy) is 1. The molecule has 0 spiro atoms. The Morgan fingerprint density at radius 3 is 2.93 bits per heavy atom. The van der Waals surface area contributed by atoms with E-state index in [0.29, 0.717) is 27.3 Å². The molecule has 0 bridgehead atoms. The second kappa shape index (κ2) is 7.76. The van der Waals surface area contributed by atoms with Gasteiger partial charge in [0.25, 0.3) is 5.91 Å². The number of thiazole rings is 1. The van der Waals surface area contributed by atoms with E-state index >= 15 is 0 Å². The van der Waals surface area contributed by atoms with Crippen LogP contribution < -0.4 is 4.90 Å². The van der Waals surface area contributed by atoms with Crippen molar-refractivity contribution in [1.82, 2.24) is 4.98 Å². The van der Waals surface area contributed by atoms with Gasteiger partial charge in [0.05, 0.1) is 33.5 Å². The molecule has 4 rings (SSSR count). The van der Waals surface area contributed by atoms with Crippen molar-refractivity contribution in [2.45, 2.75) is 25.9 Å². The molecule has 1 aromatic heterocycles. The smallest absolute Gasteiger partial charge is 0.261 e. The van der Waals surface area contributed by atoms with Crippen molar-refractivity contribution in [3.63, 3.8) is 0 Å². The van der Waals surface area contributed by atoms with E-state index in [1.165, 1.54) is 11.3 Å². The van der Waals surface area contributed by atoms with E-state index in [2.05, 4.69) is 11.1 Å². The van der Waals surface area contributed by atoms with Gasteiger partial charge in [-0.1, -0.05) is 40.6 Å². The molecule has 1 atom stereocenters. The van der Waals surface area contributed by atoms with Crippen LogP contribution >= 0.6 is 34.5 Å². The van der Waals surface area contributed by atoms with Crippen molar-refractivity contribution in [2.24, 2.45) is 0 Å². The molecule has 1 aliphatic rings. The second-order valence-corrected chi connectivity index (χ2v) is 8.50. The zero-order chi connectivity index (χ0) is 19.0. The number of carbonyl (C=O) groups excluding carboxylic acids is 1. The summed E-state index contributed by atoms with van der Waals surface area (Å²) in [4.78, 5) is 19.7. The van der Waals surface area contributed by atoms with Gasteiger partial charge in [0.2, 0.25) is 0 Å². The normalized spacial score (nSPS) is 16.8. The van der Waals surface area contributed by atoms with Gasteiger partial charge in [0, 0.05) is 11.6 Å². The Kier molecular flexibility index (Phi) is 5.37. The van der Waals surface area contributed by atoms with Crippen LogP contribution in [0.2, 0.25) is 10.0 Å². The van der Waals surface area contributed by atoms with E-state index in [9.17, 15) is 4.79 Å². The third-order valence-corrected chi connectivity index (χ3v) is 6.18. The van der Waals surface area contributed by atoms with Gasteiger partial charge in [-0.3, -0.25) is 9.69 Å². The Balaban J connectivity index is 1.75. The Labute approximate surface area is 171 Å². The maximum absolute atomic E-state index is 13.3. The minimum atomic E-state index is -0.214. The van der Waals surface area contributed by atoms with Crippen LogP contribution in [0, 0.1) is 6.92 Å². The number of rotatable bonds is 4. The number of carbonyl (C=O) groups is 1. The van der Waals surface area contributed by atoms with Gasteiger partial charge in [0.15, 0.2) is 5.13 Å². The summed E-state index contributed by atoms with van der Waals surface area (Å²) in [5.74, 6) is -0.214. The molecule has 1 amide bonds. The first kappa shape index (κ1) is 18.7. The number of aromatic nitrogens is 1. The van der Waals surface area contributed by atoms with Crippen molar-refractivity contribution in [2.75, 3.05) is 18.1 Å². The van der Waals surface area contributed by atoms with Crippen LogP contribution in [0.3, 0.4) is 0 Å². The fraction of sp³-hybridized carbons (Fsp3) is 0.300. The molecule has 0 radical (unpaired) electrons. The van der Waals surface area contributed by atoms with E-state index < -0.39 is 0 Å². The molecule has 4 nitrogen and oxygen atoms in total. The molecule has 0 aliphatic carbocycles. The molecule has 1 fully saturated rings. The van der Waals surface area contributed by atoms with E-state index in [1.807, 2.05) is 19.1 Å². The lowest BCUT2D eigenvalue weighted by atomic mass is 10.1. The van der Waals surface area contributed by atoms with Gasteiger partial charge in [-0.25, -0.2) is 4.98 Å². The summed E-state index contributed by atoms with van der Waals surface area (Å²) in [7, 11) is 0. The van der Waals surface area contributed by atoms with E-state index in [-0.39, 0.29) is 12.0 Å². The molecule has 27 heavy (non-hydrogen) atoms. The highest BCUT2D eigenvalue weighted by Crippen LogP contribution is 2.32. The van der Waals surface area contributed by atoms with Crippen LogP contribution in [0.25, 0.3) is 10.2 Å². The number of anilines is 1. The number of fused-ring (bicyclic) bond motifs is 1. The molecular formula is C20H18Cl2N2O2S. The number of benzene rings is 2. The third-order valence-electron chi connectivity index (χ3n) is 4.58. The van der Waals surface area contributed by atoms with Crippen molar-refractivity contribution < 1.29 is 9.53 Å². The molecule has 0 saturated carbocycles. The van der Waals surface area contributed by atoms with Crippen LogP contribution in [0.5, 0.6) is 0 Å². The largest absolute Gasteiger partial charge is 0.376 e. The predicted molar refractivity (Wildman–Crippen MR) is 111 cm³/mol. The van der Waals surface area contributed by atoms with Crippen molar-refractivity contribution in [1.29, 1.82) is 0 Å². The Morgan fingerprint density at radius 2 is 2.15 bits per heavy atom. The summed E-state index contributed by atoms with van der Waals surface area (Å²) in [6.45, 7) is 3.21. The maximum Gasteiger partial charge on any atom is 0.261 e. The lowest BCUT2D eigenvalue weighted by Gasteiger charge is -2.23. The maximum atomic E-state index is 13.3. The highest BCUT2D eigenvalue weighted by atomic mass is 35.5. The zero-order valence-corrected chi connectivity index (χ0v) is 17.1. The number of halogens is 2. The molecule has 2 heterocycles. The number of nitrogens with zero attached hydrogens (tertiary/aromatic N) is 2. The van der Waals surface area contributed by atoms with Crippen LogP contribution in [0.15, 0.2) is 36.4 Å². The fourth-order valence-corrected chi connectivity index (χ4v) is 4.62. The summed E-state index contributed by atoms with van der Waals surface area (Å²) >= 11 is 13.9. The lowest BCUT2D eigenvalue weighted by molar-refractivity contribution is 0.0917. The summed E-state index contributed by atoms with van der Waals surface area (Å²) < 4.78 is 6.81. The predicted octanol–water partition coefficient (Wildman–Crippen LogP) is 5.74. The Morgan fingerprint density at radius 1 is 1.30 bits per heavy atom. The van der Waals surface area contributed by atoms with E-state index in [1.54, 1.807) is 23.1 Å². The molecule has 3 aromatic rings. The standard InChI is InChI=1S/C20H18Cl2N2O2S/c1-12-4-7-17-18(9-12)27-20(23-17)24(11-14-3-2-8-26-14)19(25)15-10-13(21)5-6-16(15)22/h4-7,9-10,14H,2-3,8,11H2,1H3. The minimum absolute atomic E-state index is 0.000609. The van der Waals surface area contributed by atoms with Crippen LogP contribution in [0.1, 0.15) is 28.8 Å². The van der Waals surface area contributed by atoms with Crippen LogP contribution in [0.4, 0.5) is 5.13 Å². The highest BCUT2D eigenvalue weighted by molar-refractivity contribution is 7.22. The first-order valence-corrected chi connectivity index (χ1v) is 10.3. The molecule has 0 N–H and O–H groups in total. The first-order chi connectivity index (χ1) is 13.0. The van der Waals surface area contributed by atoms with Gasteiger partial charge >= 0.3 is 0 Å². The third kappa shape index (κ3) is 3.97. The number of aryl methyl sites for hydroxylation is 1. The minimum Gasteiger partial charge on any atom is -0.376 e. The monoisotopic (exact) mass is 420 g/mol. The quantitative estimate of drug-likeness (QED) is 0.540. The zero-order valence-electron chi connectivity index (χ0n) is 14.7. The summed E-state index contributed by atoms with van der Waals surface area (Å²) in [6, 6.07) is 11.0. The summed E-state index contributed by atoms with van der Waals surface area (Å²) in [5, 5.41) is 1.49. The summed E-state index contributed by atoms with van der Waals surface area (Å²) in [6.07, 6.45) is 1.93. The molecule has 1 aliphatic heterocycles. The van der Waals surface area contributed by atoms with Crippen LogP contribution in [-0.2, 0) is 4.74 Å².